The average Bonchev–Trinajstić information content (AvgIpc) is 2.60. The molecule has 1 saturated heterocycles. The van der Waals surface area contributed by atoms with Gasteiger partial charge in [-0.05, 0) is 20.8 Å². The predicted molar refractivity (Wildman–Crippen MR) is 75.3 cm³/mol. The summed E-state index contributed by atoms with van der Waals surface area (Å²) in [5.41, 5.74) is -0.424. The third-order valence-electron chi connectivity index (χ3n) is 2.59. The van der Waals surface area contributed by atoms with Crippen molar-refractivity contribution in [1.29, 1.82) is 0 Å². The number of amides is 1. The first-order chi connectivity index (χ1) is 8.39. The number of carbonyl (C=O) groups excluding carboxylic acids is 1. The molecule has 1 aliphatic rings. The van der Waals surface area contributed by atoms with Crippen LogP contribution in [0.25, 0.3) is 0 Å². The number of hydrogen-bond acceptors (Lipinski definition) is 4. The maximum Gasteiger partial charge on any atom is 0.410 e. The van der Waals surface area contributed by atoms with E-state index in [1.54, 1.807) is 16.2 Å². The topological polar surface area (TPSA) is 42.4 Å². The average molecular weight is 333 g/mol. The summed E-state index contributed by atoms with van der Waals surface area (Å²) in [5.74, 6) is 0.371. The number of halogens is 1. The molecule has 2 rings (SSSR count). The fourth-order valence-electron chi connectivity index (χ4n) is 1.68. The lowest BCUT2D eigenvalue weighted by Gasteiger charge is -2.38. The molecule has 1 amide bonds. The van der Waals surface area contributed by atoms with Crippen molar-refractivity contribution in [3.63, 3.8) is 0 Å². The smallest absolute Gasteiger partial charge is 0.410 e. The molecule has 1 aromatic rings. The molecule has 1 fully saturated rings. The molecule has 18 heavy (non-hydrogen) atoms. The number of likely N-dealkylation sites (tertiary alicyclic amines) is 1. The molecule has 1 aliphatic heterocycles. The van der Waals surface area contributed by atoms with Crippen molar-refractivity contribution in [1.82, 2.24) is 9.88 Å². The third-order valence-corrected chi connectivity index (χ3v) is 4.72. The zero-order valence-electron chi connectivity index (χ0n) is 10.8. The normalized spacial score (nSPS) is 16.6. The van der Waals surface area contributed by atoms with E-state index in [0.717, 1.165) is 10.3 Å². The quantitative estimate of drug-likeness (QED) is 0.780. The van der Waals surface area contributed by atoms with Crippen LogP contribution >= 0.6 is 27.3 Å². The Morgan fingerprint density at radius 2 is 2.28 bits per heavy atom. The highest BCUT2D eigenvalue weighted by Gasteiger charge is 2.36. The fraction of sp³-hybridized carbons (Fsp3) is 0.667. The van der Waals surface area contributed by atoms with Gasteiger partial charge in [0, 0.05) is 35.4 Å². The highest BCUT2D eigenvalue weighted by atomic mass is 79.9. The van der Waals surface area contributed by atoms with Crippen LogP contribution in [-0.2, 0) is 10.1 Å². The molecule has 6 heteroatoms. The van der Waals surface area contributed by atoms with E-state index in [1.807, 2.05) is 27.0 Å². The van der Waals surface area contributed by atoms with Crippen molar-refractivity contribution in [2.24, 2.45) is 0 Å². The molecule has 0 spiro atoms. The van der Waals surface area contributed by atoms with Gasteiger partial charge >= 0.3 is 6.09 Å². The summed E-state index contributed by atoms with van der Waals surface area (Å²) >= 11 is 5.12. The molecule has 2 heterocycles. The van der Waals surface area contributed by atoms with Crippen LogP contribution in [0.2, 0.25) is 0 Å². The Morgan fingerprint density at radius 1 is 1.61 bits per heavy atom. The van der Waals surface area contributed by atoms with Gasteiger partial charge in [-0.2, -0.15) is 0 Å². The molecule has 0 bridgehead atoms. The van der Waals surface area contributed by atoms with E-state index < -0.39 is 5.60 Å². The van der Waals surface area contributed by atoms with Crippen LogP contribution in [-0.4, -0.2) is 34.7 Å². The largest absolute Gasteiger partial charge is 0.444 e. The van der Waals surface area contributed by atoms with Gasteiger partial charge in [0.05, 0.1) is 5.01 Å². The van der Waals surface area contributed by atoms with Crippen molar-refractivity contribution in [3.05, 3.63) is 16.1 Å². The van der Waals surface area contributed by atoms with Gasteiger partial charge in [-0.25, -0.2) is 9.78 Å². The lowest BCUT2D eigenvalue weighted by atomic mass is 10.0. The molecule has 0 aromatic carbocycles. The standard InChI is InChI=1S/C12H17BrN2O2S/c1-12(2,3)17-11(16)15-6-8(7-15)10-14-5-9(4-13)18-10/h5,8H,4,6-7H2,1-3H3. The number of rotatable bonds is 2. The first-order valence-electron chi connectivity index (χ1n) is 5.87. The van der Waals surface area contributed by atoms with Gasteiger partial charge in [0.15, 0.2) is 0 Å². The highest BCUT2D eigenvalue weighted by molar-refractivity contribution is 9.08. The number of nitrogens with zero attached hydrogens (tertiary/aromatic N) is 2. The molecule has 4 nitrogen and oxygen atoms in total. The molecule has 0 N–H and O–H groups in total. The van der Waals surface area contributed by atoms with Crippen LogP contribution in [0.1, 0.15) is 36.6 Å². The van der Waals surface area contributed by atoms with Gasteiger partial charge in [-0.3, -0.25) is 0 Å². The van der Waals surface area contributed by atoms with Crippen LogP contribution in [0.5, 0.6) is 0 Å². The lowest BCUT2D eigenvalue weighted by Crippen LogP contribution is -2.50. The van der Waals surface area contributed by atoms with Gasteiger partial charge in [0.1, 0.15) is 5.60 Å². The molecular weight excluding hydrogens is 316 g/mol. The van der Waals surface area contributed by atoms with Gasteiger partial charge in [-0.15, -0.1) is 11.3 Å². The van der Waals surface area contributed by atoms with Crippen molar-refractivity contribution in [2.45, 2.75) is 37.6 Å². The van der Waals surface area contributed by atoms with Gasteiger partial charge in [-0.1, -0.05) is 15.9 Å². The Hall–Kier alpha value is -0.620. The summed E-state index contributed by atoms with van der Waals surface area (Å²) in [5, 5.41) is 1.96. The van der Waals surface area contributed by atoms with Crippen LogP contribution in [0, 0.1) is 0 Å². The molecule has 1 aromatic heterocycles. The van der Waals surface area contributed by atoms with Gasteiger partial charge < -0.3 is 9.64 Å². The van der Waals surface area contributed by atoms with E-state index in [-0.39, 0.29) is 6.09 Å². The summed E-state index contributed by atoms with van der Waals surface area (Å²) in [6.45, 7) is 7.07. The van der Waals surface area contributed by atoms with Gasteiger partial charge in [0.2, 0.25) is 0 Å². The maximum atomic E-state index is 11.8. The Balaban J connectivity index is 1.85. The zero-order chi connectivity index (χ0) is 13.3. The minimum atomic E-state index is -0.424. The van der Waals surface area contributed by atoms with Crippen molar-refractivity contribution >= 4 is 33.4 Å². The molecule has 100 valence electrons. The Morgan fingerprint density at radius 3 is 2.78 bits per heavy atom. The van der Waals surface area contributed by atoms with Crippen molar-refractivity contribution in [3.8, 4) is 0 Å². The van der Waals surface area contributed by atoms with Crippen molar-refractivity contribution < 1.29 is 9.53 Å². The monoisotopic (exact) mass is 332 g/mol. The lowest BCUT2D eigenvalue weighted by molar-refractivity contribution is 0.00818. The predicted octanol–water partition coefficient (Wildman–Crippen LogP) is 3.37. The van der Waals surface area contributed by atoms with E-state index in [1.165, 1.54) is 4.88 Å². The molecule has 0 aliphatic carbocycles. The van der Waals surface area contributed by atoms with E-state index >= 15 is 0 Å². The SMILES string of the molecule is CC(C)(C)OC(=O)N1CC(c2ncc(CBr)s2)C1. The number of ether oxygens (including phenoxy) is 1. The van der Waals surface area contributed by atoms with Gasteiger partial charge in [0.25, 0.3) is 0 Å². The van der Waals surface area contributed by atoms with Crippen LogP contribution in [0.3, 0.4) is 0 Å². The summed E-state index contributed by atoms with van der Waals surface area (Å²) < 4.78 is 5.31. The van der Waals surface area contributed by atoms with Crippen molar-refractivity contribution in [2.75, 3.05) is 13.1 Å². The second-order valence-corrected chi connectivity index (χ2v) is 7.09. The number of carbonyl (C=O) groups is 1. The highest BCUT2D eigenvalue weighted by Crippen LogP contribution is 2.31. The number of hydrogen-bond donors (Lipinski definition) is 0. The van der Waals surface area contributed by atoms with E-state index in [0.29, 0.717) is 19.0 Å². The first kappa shape index (κ1) is 13.8. The summed E-state index contributed by atoms with van der Waals surface area (Å²) in [6, 6.07) is 0. The summed E-state index contributed by atoms with van der Waals surface area (Å²) in [6.07, 6.45) is 1.67. The number of aromatic nitrogens is 1. The zero-order valence-corrected chi connectivity index (χ0v) is 13.2. The molecule has 0 saturated carbocycles. The molecular formula is C12H17BrN2O2S. The fourth-order valence-corrected chi connectivity index (χ4v) is 3.02. The Kier molecular flexibility index (Phi) is 3.96. The summed E-state index contributed by atoms with van der Waals surface area (Å²) in [4.78, 5) is 19.1. The first-order valence-corrected chi connectivity index (χ1v) is 7.81. The van der Waals surface area contributed by atoms with Crippen LogP contribution < -0.4 is 0 Å². The number of alkyl halides is 1. The third kappa shape index (κ3) is 3.23. The minimum absolute atomic E-state index is 0.226. The van der Waals surface area contributed by atoms with Crippen LogP contribution in [0.15, 0.2) is 6.20 Å². The molecule has 0 unspecified atom stereocenters. The Bertz CT molecular complexity index is 436. The van der Waals surface area contributed by atoms with E-state index in [2.05, 4.69) is 20.9 Å². The maximum absolute atomic E-state index is 11.8. The summed E-state index contributed by atoms with van der Waals surface area (Å²) in [7, 11) is 0. The molecule has 0 atom stereocenters. The minimum Gasteiger partial charge on any atom is -0.444 e. The van der Waals surface area contributed by atoms with Crippen LogP contribution in [0.4, 0.5) is 4.79 Å². The van der Waals surface area contributed by atoms with E-state index in [4.69, 9.17) is 4.74 Å². The number of thiazole rings is 1. The second-order valence-electron chi connectivity index (χ2n) is 5.38. The molecule has 0 radical (unpaired) electrons. The van der Waals surface area contributed by atoms with E-state index in [9.17, 15) is 4.79 Å². The second kappa shape index (κ2) is 5.17. The Labute approximate surface area is 119 Å².